The molecule has 0 unspecified atom stereocenters. The Labute approximate surface area is 174 Å². The molecule has 0 aliphatic rings. The molecule has 2 heterocycles. The SMILES string of the molecule is C[C@H](CO)Nc1nc(Nc2ccc([S-](=N)=O)cc2)ncc1-c1ccc2cn[nH]c2c1. The highest BCUT2D eigenvalue weighted by atomic mass is 32.2. The largest absolute Gasteiger partial charge is 0.440 e. The molecule has 2 aromatic heterocycles. The van der Waals surface area contributed by atoms with E-state index < -0.39 is 10.6 Å². The molecule has 0 bridgehead atoms. The lowest BCUT2D eigenvalue weighted by atomic mass is 10.1. The molecule has 4 aromatic rings. The van der Waals surface area contributed by atoms with Gasteiger partial charge in [-0.15, -0.1) is 0 Å². The van der Waals surface area contributed by atoms with Gasteiger partial charge in [-0.2, -0.15) is 20.7 Å². The fourth-order valence-corrected chi connectivity index (χ4v) is 3.32. The molecule has 0 aliphatic carbocycles. The lowest BCUT2D eigenvalue weighted by molar-refractivity contribution is 0.281. The smallest absolute Gasteiger partial charge is 0.229 e. The second-order valence-corrected chi connectivity index (χ2v) is 7.78. The summed E-state index contributed by atoms with van der Waals surface area (Å²) in [5, 5.41) is 23.8. The summed E-state index contributed by atoms with van der Waals surface area (Å²) in [5.74, 6) is 0.950. The van der Waals surface area contributed by atoms with Crippen LogP contribution in [0.2, 0.25) is 0 Å². The van der Waals surface area contributed by atoms with Gasteiger partial charge in [0.05, 0.1) is 18.3 Å². The van der Waals surface area contributed by atoms with Gasteiger partial charge < -0.3 is 24.7 Å². The van der Waals surface area contributed by atoms with Gasteiger partial charge in [0.1, 0.15) is 5.82 Å². The van der Waals surface area contributed by atoms with Crippen molar-refractivity contribution in [2.24, 2.45) is 0 Å². The van der Waals surface area contributed by atoms with E-state index in [9.17, 15) is 9.32 Å². The monoisotopic (exact) mass is 422 g/mol. The van der Waals surface area contributed by atoms with Crippen molar-refractivity contribution >= 4 is 39.0 Å². The zero-order valence-electron chi connectivity index (χ0n) is 16.1. The number of hydrogen-bond acceptors (Lipinski definition) is 9. The maximum absolute atomic E-state index is 11.2. The molecule has 5 N–H and O–H groups in total. The van der Waals surface area contributed by atoms with Gasteiger partial charge in [-0.25, -0.2) is 4.98 Å². The van der Waals surface area contributed by atoms with E-state index in [2.05, 4.69) is 30.8 Å². The standard InChI is InChI=1S/C20H20N7O2S/c1-12(11-28)24-19-17(13-2-3-14-9-23-27-18(14)8-13)10-22-20(26-19)25-15-4-6-16(7-5-15)30(21)29/h2-10,12,21,28H,11H2,1H3,(H,23,27)(H2,22,24,25,26)/q-1/t12-/m1/s1. The molecule has 9 nitrogen and oxygen atoms in total. The van der Waals surface area contributed by atoms with Crippen molar-refractivity contribution < 1.29 is 9.32 Å². The highest BCUT2D eigenvalue weighted by Crippen LogP contribution is 2.30. The first-order chi connectivity index (χ1) is 14.5. The fraction of sp³-hybridized carbons (Fsp3) is 0.150. The summed E-state index contributed by atoms with van der Waals surface area (Å²) in [6, 6.07) is 12.4. The Morgan fingerprint density at radius 1 is 1.20 bits per heavy atom. The van der Waals surface area contributed by atoms with E-state index in [1.165, 1.54) is 0 Å². The number of rotatable bonds is 7. The topological polar surface area (TPSA) is 140 Å². The summed E-state index contributed by atoms with van der Waals surface area (Å²) in [6.07, 6.45) is 3.48. The maximum Gasteiger partial charge on any atom is 0.229 e. The minimum absolute atomic E-state index is 0.0441. The number of aliphatic hydroxyl groups is 1. The summed E-state index contributed by atoms with van der Waals surface area (Å²) in [5.41, 5.74) is 3.31. The molecular weight excluding hydrogens is 402 g/mol. The number of aromatic nitrogens is 4. The third-order valence-corrected chi connectivity index (χ3v) is 5.22. The molecule has 0 amide bonds. The van der Waals surface area contributed by atoms with Crippen molar-refractivity contribution in [2.75, 3.05) is 17.2 Å². The molecule has 4 rings (SSSR count). The zero-order chi connectivity index (χ0) is 21.1. The molecule has 1 atom stereocenters. The molecule has 30 heavy (non-hydrogen) atoms. The third-order valence-electron chi connectivity index (χ3n) is 4.52. The van der Waals surface area contributed by atoms with E-state index in [0.717, 1.165) is 22.0 Å². The second-order valence-electron chi connectivity index (χ2n) is 6.77. The van der Waals surface area contributed by atoms with E-state index >= 15 is 0 Å². The van der Waals surface area contributed by atoms with Crippen LogP contribution in [0, 0.1) is 4.78 Å². The Bertz CT molecular complexity index is 1240. The third kappa shape index (κ3) is 4.24. The Kier molecular flexibility index (Phi) is 5.59. The quantitative estimate of drug-likeness (QED) is 0.286. The average molecular weight is 422 g/mol. The number of aliphatic hydroxyl groups excluding tert-OH is 1. The van der Waals surface area contributed by atoms with Gasteiger partial charge in [-0.1, -0.05) is 29.2 Å². The van der Waals surface area contributed by atoms with Crippen LogP contribution in [-0.2, 0) is 14.8 Å². The van der Waals surface area contributed by atoms with Crippen LogP contribution in [0.1, 0.15) is 6.92 Å². The lowest BCUT2D eigenvalue weighted by Gasteiger charge is -2.17. The normalized spacial score (nSPS) is 12.2. The van der Waals surface area contributed by atoms with Gasteiger partial charge >= 0.3 is 0 Å². The molecule has 0 radical (unpaired) electrons. The molecule has 0 fully saturated rings. The second kappa shape index (κ2) is 8.47. The van der Waals surface area contributed by atoms with Crippen LogP contribution >= 0.6 is 0 Å². The Hall–Kier alpha value is -3.50. The average Bonchev–Trinajstić information content (AvgIpc) is 3.22. The molecular formula is C20H20N7O2S-. The summed E-state index contributed by atoms with van der Waals surface area (Å²) in [6.45, 7) is 1.81. The minimum atomic E-state index is -1.78. The molecule has 154 valence electrons. The van der Waals surface area contributed by atoms with Gasteiger partial charge in [-0.05, 0) is 30.7 Å². The number of hydrogen-bond donors (Lipinski definition) is 5. The Morgan fingerprint density at radius 2 is 2.00 bits per heavy atom. The predicted octanol–water partition coefficient (Wildman–Crippen LogP) is 3.64. The highest BCUT2D eigenvalue weighted by molar-refractivity contribution is 7.73. The summed E-state index contributed by atoms with van der Waals surface area (Å²) in [4.78, 5) is 9.43. The van der Waals surface area contributed by atoms with Gasteiger partial charge in [0.2, 0.25) is 5.95 Å². The van der Waals surface area contributed by atoms with E-state index in [1.54, 1.807) is 36.7 Å². The van der Waals surface area contributed by atoms with Gasteiger partial charge in [0.15, 0.2) is 0 Å². The van der Waals surface area contributed by atoms with Gasteiger partial charge in [-0.3, -0.25) is 5.10 Å². The summed E-state index contributed by atoms with van der Waals surface area (Å²) >= 11 is 0. The first-order valence-corrected chi connectivity index (χ1v) is 10.4. The van der Waals surface area contributed by atoms with Crippen molar-refractivity contribution in [1.82, 2.24) is 20.2 Å². The van der Waals surface area contributed by atoms with Crippen molar-refractivity contribution in [1.29, 1.82) is 4.78 Å². The number of H-pyrrole nitrogens is 1. The molecule has 10 heteroatoms. The molecule has 0 spiro atoms. The van der Waals surface area contributed by atoms with Crippen LogP contribution in [0.15, 0.2) is 59.8 Å². The van der Waals surface area contributed by atoms with E-state index in [1.807, 2.05) is 25.1 Å². The van der Waals surface area contributed by atoms with Crippen LogP contribution in [0.4, 0.5) is 17.5 Å². The molecule has 0 aliphatic heterocycles. The minimum Gasteiger partial charge on any atom is -0.440 e. The van der Waals surface area contributed by atoms with Gasteiger partial charge in [0.25, 0.3) is 0 Å². The van der Waals surface area contributed by atoms with Crippen LogP contribution in [0.5, 0.6) is 0 Å². The summed E-state index contributed by atoms with van der Waals surface area (Å²) < 4.78 is 18.5. The van der Waals surface area contributed by atoms with Crippen molar-refractivity contribution in [3.8, 4) is 11.1 Å². The number of nitrogens with zero attached hydrogens (tertiary/aromatic N) is 3. The van der Waals surface area contributed by atoms with Crippen LogP contribution in [-0.4, -0.2) is 37.9 Å². The zero-order valence-corrected chi connectivity index (χ0v) is 16.9. The summed E-state index contributed by atoms with van der Waals surface area (Å²) in [7, 11) is -1.78. The molecule has 0 saturated carbocycles. The maximum atomic E-state index is 11.2. The number of anilines is 3. The predicted molar refractivity (Wildman–Crippen MR) is 116 cm³/mol. The van der Waals surface area contributed by atoms with Crippen LogP contribution < -0.4 is 10.6 Å². The molecule has 0 saturated heterocycles. The number of benzene rings is 2. The number of fused-ring (bicyclic) bond motifs is 1. The fourth-order valence-electron chi connectivity index (χ4n) is 2.94. The van der Waals surface area contributed by atoms with E-state index in [4.69, 9.17) is 4.78 Å². The highest BCUT2D eigenvalue weighted by Gasteiger charge is 2.13. The lowest BCUT2D eigenvalue weighted by Crippen LogP contribution is -2.21. The number of aromatic amines is 1. The Morgan fingerprint density at radius 3 is 2.73 bits per heavy atom. The van der Waals surface area contributed by atoms with Crippen LogP contribution in [0.25, 0.3) is 22.0 Å². The first-order valence-electron chi connectivity index (χ1n) is 9.21. The Balaban J connectivity index is 1.68. The van der Waals surface area contributed by atoms with Gasteiger partial charge in [0, 0.05) is 28.9 Å². The van der Waals surface area contributed by atoms with Crippen molar-refractivity contribution in [2.45, 2.75) is 17.9 Å². The van der Waals surface area contributed by atoms with Crippen LogP contribution in [0.3, 0.4) is 0 Å². The van der Waals surface area contributed by atoms with E-state index in [-0.39, 0.29) is 12.6 Å². The van der Waals surface area contributed by atoms with E-state index in [0.29, 0.717) is 22.3 Å². The van der Waals surface area contributed by atoms with Crippen molar-refractivity contribution in [3.05, 3.63) is 54.9 Å². The number of nitrogens with one attached hydrogen (secondary N) is 4. The first kappa shape index (κ1) is 19.8. The van der Waals surface area contributed by atoms with Crippen molar-refractivity contribution in [3.63, 3.8) is 0 Å². The molecule has 2 aromatic carbocycles.